The monoisotopic (exact) mass is 273 g/mol. The van der Waals surface area contributed by atoms with Crippen molar-refractivity contribution in [1.82, 2.24) is 14.3 Å². The molecule has 0 aromatic heterocycles. The summed E-state index contributed by atoms with van der Waals surface area (Å²) in [5, 5.41) is 3.14. The van der Waals surface area contributed by atoms with Gasteiger partial charge in [-0.3, -0.25) is 0 Å². The molecule has 5 nitrogen and oxygen atoms in total. The van der Waals surface area contributed by atoms with Gasteiger partial charge in [-0.25, -0.2) is 4.72 Å². The number of hydrogen-bond acceptors (Lipinski definition) is 3. The van der Waals surface area contributed by atoms with Gasteiger partial charge in [0.05, 0.1) is 0 Å². The third-order valence-electron chi connectivity index (χ3n) is 2.07. The summed E-state index contributed by atoms with van der Waals surface area (Å²) in [6.45, 7) is 7.70. The zero-order chi connectivity index (χ0) is 11.9. The Kier molecular flexibility index (Phi) is 10.6. The van der Waals surface area contributed by atoms with Crippen molar-refractivity contribution in [3.8, 4) is 0 Å². The molecule has 1 atom stereocenters. The Morgan fingerprint density at radius 2 is 1.88 bits per heavy atom. The molecule has 0 fully saturated rings. The lowest BCUT2D eigenvalue weighted by Crippen LogP contribution is -2.44. The van der Waals surface area contributed by atoms with Crippen LogP contribution in [0.15, 0.2) is 0 Å². The smallest absolute Gasteiger partial charge is 0.279 e. The number of nitrogens with zero attached hydrogens (tertiary/aromatic N) is 1. The highest BCUT2D eigenvalue weighted by molar-refractivity contribution is 7.87. The lowest BCUT2D eigenvalue weighted by molar-refractivity contribution is 0.449. The van der Waals surface area contributed by atoms with Gasteiger partial charge in [0, 0.05) is 26.2 Å². The van der Waals surface area contributed by atoms with Gasteiger partial charge in [0.2, 0.25) is 0 Å². The number of hydrogen-bond donors (Lipinski definition) is 2. The van der Waals surface area contributed by atoms with Crippen molar-refractivity contribution in [3.63, 3.8) is 0 Å². The van der Waals surface area contributed by atoms with Crippen molar-refractivity contribution in [2.75, 3.05) is 26.7 Å². The quantitative estimate of drug-likeness (QED) is 0.680. The molecule has 16 heavy (non-hydrogen) atoms. The molecule has 7 heteroatoms. The van der Waals surface area contributed by atoms with Gasteiger partial charge in [0.15, 0.2) is 0 Å². The molecular weight excluding hydrogens is 250 g/mol. The molecule has 0 unspecified atom stereocenters. The summed E-state index contributed by atoms with van der Waals surface area (Å²) in [6.07, 6.45) is 0.820. The normalized spacial score (nSPS) is 13.6. The zero-order valence-corrected chi connectivity index (χ0v) is 12.1. The van der Waals surface area contributed by atoms with E-state index < -0.39 is 10.2 Å². The standard InChI is InChI=1S/C9H23N3O2S.ClH/c1-5-7-12(4)15(13,14)11-8-9(3)10-6-2;/h9-11H,5-8H2,1-4H3;1H/t9-;/m1./s1. The van der Waals surface area contributed by atoms with E-state index in [2.05, 4.69) is 10.0 Å². The van der Waals surface area contributed by atoms with Gasteiger partial charge in [-0.15, -0.1) is 12.4 Å². The fourth-order valence-electron chi connectivity index (χ4n) is 1.20. The number of nitrogens with one attached hydrogen (secondary N) is 2. The first-order valence-electron chi connectivity index (χ1n) is 5.38. The van der Waals surface area contributed by atoms with Crippen LogP contribution < -0.4 is 10.0 Å². The first-order valence-corrected chi connectivity index (χ1v) is 6.82. The molecular formula is C9H24ClN3O2S. The van der Waals surface area contributed by atoms with Crippen molar-refractivity contribution >= 4 is 22.6 Å². The topological polar surface area (TPSA) is 61.4 Å². The minimum absolute atomic E-state index is 0. The number of halogens is 1. The fraction of sp³-hybridized carbons (Fsp3) is 1.00. The van der Waals surface area contributed by atoms with Gasteiger partial charge < -0.3 is 5.32 Å². The molecule has 0 aliphatic carbocycles. The Morgan fingerprint density at radius 1 is 1.31 bits per heavy atom. The minimum atomic E-state index is -3.29. The number of rotatable bonds is 8. The Bertz CT molecular complexity index is 259. The molecule has 0 bridgehead atoms. The average Bonchev–Trinajstić information content (AvgIpc) is 2.16. The summed E-state index contributed by atoms with van der Waals surface area (Å²) in [7, 11) is -1.71. The zero-order valence-electron chi connectivity index (χ0n) is 10.5. The average molecular weight is 274 g/mol. The van der Waals surface area contributed by atoms with Crippen LogP contribution in [0.5, 0.6) is 0 Å². The highest BCUT2D eigenvalue weighted by atomic mass is 35.5. The Morgan fingerprint density at radius 3 is 2.31 bits per heavy atom. The highest BCUT2D eigenvalue weighted by Gasteiger charge is 2.16. The van der Waals surface area contributed by atoms with Crippen LogP contribution in [0.3, 0.4) is 0 Å². The molecule has 0 saturated heterocycles. The largest absolute Gasteiger partial charge is 0.313 e. The highest BCUT2D eigenvalue weighted by Crippen LogP contribution is 1.95. The van der Waals surface area contributed by atoms with Crippen LogP contribution >= 0.6 is 12.4 Å². The van der Waals surface area contributed by atoms with Gasteiger partial charge in [0.1, 0.15) is 0 Å². The van der Waals surface area contributed by atoms with Crippen LogP contribution in [0, 0.1) is 0 Å². The molecule has 100 valence electrons. The predicted molar refractivity (Wildman–Crippen MR) is 70.2 cm³/mol. The van der Waals surface area contributed by atoms with E-state index in [1.165, 1.54) is 4.31 Å². The van der Waals surface area contributed by atoms with E-state index in [1.54, 1.807) is 7.05 Å². The predicted octanol–water partition coefficient (Wildman–Crippen LogP) is 0.582. The second kappa shape index (κ2) is 9.18. The van der Waals surface area contributed by atoms with E-state index in [1.807, 2.05) is 20.8 Å². The maximum Gasteiger partial charge on any atom is 0.279 e. The molecule has 0 aliphatic heterocycles. The van der Waals surface area contributed by atoms with Crippen LogP contribution in [-0.2, 0) is 10.2 Å². The molecule has 0 aromatic rings. The van der Waals surface area contributed by atoms with Gasteiger partial charge >= 0.3 is 0 Å². The molecule has 0 aromatic carbocycles. The third kappa shape index (κ3) is 7.40. The van der Waals surface area contributed by atoms with Crippen LogP contribution in [0.1, 0.15) is 27.2 Å². The minimum Gasteiger partial charge on any atom is -0.313 e. The second-order valence-corrected chi connectivity index (χ2v) is 5.50. The molecule has 0 saturated carbocycles. The number of likely N-dealkylation sites (N-methyl/N-ethyl adjacent to an activating group) is 1. The van der Waals surface area contributed by atoms with Crippen molar-refractivity contribution in [2.24, 2.45) is 0 Å². The van der Waals surface area contributed by atoms with Crippen molar-refractivity contribution in [3.05, 3.63) is 0 Å². The first kappa shape index (κ1) is 18.5. The van der Waals surface area contributed by atoms with E-state index in [-0.39, 0.29) is 18.4 Å². The summed E-state index contributed by atoms with van der Waals surface area (Å²) in [5.74, 6) is 0. The molecule has 0 rings (SSSR count). The van der Waals surface area contributed by atoms with E-state index in [9.17, 15) is 8.42 Å². The summed E-state index contributed by atoms with van der Waals surface area (Å²) in [5.41, 5.74) is 0. The SMILES string of the molecule is CCCN(C)S(=O)(=O)NC[C@@H](C)NCC.Cl. The van der Waals surface area contributed by atoms with E-state index in [4.69, 9.17) is 0 Å². The Balaban J connectivity index is 0. The Labute approximate surface area is 106 Å². The van der Waals surface area contributed by atoms with Gasteiger partial charge in [0.25, 0.3) is 10.2 Å². The molecule has 0 heterocycles. The van der Waals surface area contributed by atoms with E-state index >= 15 is 0 Å². The molecule has 0 aliphatic rings. The van der Waals surface area contributed by atoms with Crippen molar-refractivity contribution in [1.29, 1.82) is 0 Å². The van der Waals surface area contributed by atoms with Crippen LogP contribution in [-0.4, -0.2) is 45.4 Å². The van der Waals surface area contributed by atoms with E-state index in [0.717, 1.165) is 13.0 Å². The van der Waals surface area contributed by atoms with Gasteiger partial charge in [-0.1, -0.05) is 13.8 Å². The van der Waals surface area contributed by atoms with E-state index in [0.29, 0.717) is 13.1 Å². The van der Waals surface area contributed by atoms with Gasteiger partial charge in [-0.05, 0) is 19.9 Å². The summed E-state index contributed by atoms with van der Waals surface area (Å²) >= 11 is 0. The second-order valence-electron chi connectivity index (χ2n) is 3.63. The molecule has 0 spiro atoms. The summed E-state index contributed by atoms with van der Waals surface area (Å²) in [6, 6.07) is 0.153. The summed E-state index contributed by atoms with van der Waals surface area (Å²) < 4.78 is 27.1. The van der Waals surface area contributed by atoms with Gasteiger partial charge in [-0.2, -0.15) is 12.7 Å². The summed E-state index contributed by atoms with van der Waals surface area (Å²) in [4.78, 5) is 0. The first-order chi connectivity index (χ1) is 6.94. The Hall–Kier alpha value is 0.120. The molecule has 0 radical (unpaired) electrons. The molecule has 0 amide bonds. The maximum absolute atomic E-state index is 11.6. The molecule has 2 N–H and O–H groups in total. The van der Waals surface area contributed by atoms with Crippen LogP contribution in [0.4, 0.5) is 0 Å². The van der Waals surface area contributed by atoms with Crippen molar-refractivity contribution < 1.29 is 8.42 Å². The lowest BCUT2D eigenvalue weighted by atomic mass is 10.3. The van der Waals surface area contributed by atoms with Crippen LogP contribution in [0.25, 0.3) is 0 Å². The fourth-order valence-corrected chi connectivity index (χ4v) is 2.30. The lowest BCUT2D eigenvalue weighted by Gasteiger charge is -2.19. The van der Waals surface area contributed by atoms with Crippen molar-refractivity contribution in [2.45, 2.75) is 33.2 Å². The van der Waals surface area contributed by atoms with Crippen LogP contribution in [0.2, 0.25) is 0 Å². The third-order valence-corrected chi connectivity index (χ3v) is 3.61. The maximum atomic E-state index is 11.6.